The number of aliphatic hydroxyl groups is 1. The summed E-state index contributed by atoms with van der Waals surface area (Å²) < 4.78 is 23.4. The number of hydrogen-bond donors (Lipinski definition) is 3. The number of aliphatic hydroxyl groups excluding tert-OH is 1. The SMILES string of the molecule is C.C.C.C.C=C.C=C(Br)Br.C=NNS(=O)(=O)c1ccc(C)cc1.CCCl.CN=O.NCCSCO. The minimum absolute atomic E-state index is 0. The van der Waals surface area contributed by atoms with E-state index >= 15 is 0 Å². The van der Waals surface area contributed by atoms with Gasteiger partial charge in [-0.05, 0) is 50.9 Å². The van der Waals surface area contributed by atoms with Crippen LogP contribution in [0.1, 0.15) is 42.2 Å². The Morgan fingerprint density at radius 1 is 1.17 bits per heavy atom. The molecule has 0 spiro atoms. The number of nitrogens with one attached hydrogen (secondary N) is 1. The molecule has 0 aliphatic carbocycles. The van der Waals surface area contributed by atoms with Crippen molar-refractivity contribution < 1.29 is 13.5 Å². The molecule has 0 amide bonds. The van der Waals surface area contributed by atoms with E-state index in [1.807, 2.05) is 18.7 Å². The summed E-state index contributed by atoms with van der Waals surface area (Å²) in [5, 5.41) is 13.5. The average molecular weight is 693 g/mol. The normalized spacial score (nSPS) is 7.31. The maximum atomic E-state index is 11.3. The van der Waals surface area contributed by atoms with Crippen LogP contribution < -0.4 is 10.6 Å². The molecule has 1 aromatic carbocycles. The molecule has 13 heteroatoms. The van der Waals surface area contributed by atoms with Crippen molar-refractivity contribution in [2.45, 2.75) is 48.4 Å². The van der Waals surface area contributed by atoms with Crippen molar-refractivity contribution >= 4 is 72.0 Å². The van der Waals surface area contributed by atoms with Gasteiger partial charge in [0.1, 0.15) is 0 Å². The summed E-state index contributed by atoms with van der Waals surface area (Å²) in [5.41, 5.74) is 6.09. The molecule has 0 heterocycles. The average Bonchev–Trinajstić information content (AvgIpc) is 2.69. The highest BCUT2D eigenvalue weighted by atomic mass is 79.9. The Morgan fingerprint density at radius 2 is 1.49 bits per heavy atom. The van der Waals surface area contributed by atoms with E-state index in [1.165, 1.54) is 30.9 Å². The fourth-order valence-corrected chi connectivity index (χ4v) is 2.07. The van der Waals surface area contributed by atoms with Gasteiger partial charge < -0.3 is 10.8 Å². The van der Waals surface area contributed by atoms with Gasteiger partial charge in [0.25, 0.3) is 10.0 Å². The topological polar surface area (TPSA) is 134 Å². The number of nitrogens with zero attached hydrogens (tertiary/aromatic N) is 2. The lowest BCUT2D eigenvalue weighted by Gasteiger charge is -2.02. The number of sulfonamides is 1. The molecule has 0 aromatic heterocycles. The second-order valence-corrected chi connectivity index (χ2v) is 10.4. The minimum atomic E-state index is -3.51. The number of rotatable bonds is 6. The van der Waals surface area contributed by atoms with E-state index in [0.717, 1.165) is 20.6 Å². The lowest BCUT2D eigenvalue weighted by atomic mass is 10.2. The van der Waals surface area contributed by atoms with Gasteiger partial charge in [0.05, 0.1) is 21.3 Å². The number of hydrogen-bond acceptors (Lipinski definition) is 8. The molecule has 0 radical (unpaired) electrons. The summed E-state index contributed by atoms with van der Waals surface area (Å²) in [4.78, 5) is 10.7. The van der Waals surface area contributed by atoms with E-state index in [-0.39, 0.29) is 40.5 Å². The predicted molar refractivity (Wildman–Crippen MR) is 173 cm³/mol. The van der Waals surface area contributed by atoms with Crippen molar-refractivity contribution in [1.82, 2.24) is 4.83 Å². The van der Waals surface area contributed by atoms with Crippen LogP contribution in [0.15, 0.2) is 62.6 Å². The van der Waals surface area contributed by atoms with Crippen molar-refractivity contribution in [3.8, 4) is 0 Å². The molecule has 0 fully saturated rings. The monoisotopic (exact) mass is 690 g/mol. The Balaban J connectivity index is -0.0000000377. The summed E-state index contributed by atoms with van der Waals surface area (Å²) in [6.07, 6.45) is 0. The smallest absolute Gasteiger partial charge is 0.276 e. The van der Waals surface area contributed by atoms with Crippen LogP contribution in [0.25, 0.3) is 0 Å². The van der Waals surface area contributed by atoms with Gasteiger partial charge in [-0.2, -0.15) is 18.4 Å². The lowest BCUT2D eigenvalue weighted by Crippen LogP contribution is -2.17. The van der Waals surface area contributed by atoms with Gasteiger partial charge in [-0.25, -0.2) is 4.83 Å². The minimum Gasteiger partial charge on any atom is -0.386 e. The molecule has 1 rings (SSSR count). The quantitative estimate of drug-likeness (QED) is 0.0531. The Morgan fingerprint density at radius 3 is 1.69 bits per heavy atom. The molecule has 0 saturated carbocycles. The molecule has 4 N–H and O–H groups in total. The van der Waals surface area contributed by atoms with Gasteiger partial charge in [0.2, 0.25) is 0 Å². The third kappa shape index (κ3) is 65.6. The number of alkyl halides is 1. The highest BCUT2D eigenvalue weighted by molar-refractivity contribution is 9.28. The summed E-state index contributed by atoms with van der Waals surface area (Å²) in [5.74, 6) is 1.77. The number of benzene rings is 1. The molecule has 214 valence electrons. The molecule has 1 aromatic rings. The van der Waals surface area contributed by atoms with Crippen molar-refractivity contribution in [2.24, 2.45) is 16.0 Å². The van der Waals surface area contributed by atoms with Crippen molar-refractivity contribution in [2.75, 3.05) is 31.2 Å². The van der Waals surface area contributed by atoms with Crippen LogP contribution in [-0.2, 0) is 10.0 Å². The van der Waals surface area contributed by atoms with E-state index < -0.39 is 10.0 Å². The van der Waals surface area contributed by atoms with Crippen molar-refractivity contribution in [3.63, 3.8) is 0 Å². The predicted octanol–water partition coefficient (Wildman–Crippen LogP) is 7.74. The fourth-order valence-electron chi connectivity index (χ4n) is 1.00. The highest BCUT2D eigenvalue weighted by Crippen LogP contribution is 2.09. The van der Waals surface area contributed by atoms with Crippen LogP contribution >= 0.6 is 55.2 Å². The van der Waals surface area contributed by atoms with Crippen molar-refractivity contribution in [3.05, 3.63) is 57.9 Å². The van der Waals surface area contributed by atoms with E-state index in [2.05, 4.69) is 68.6 Å². The largest absolute Gasteiger partial charge is 0.386 e. The highest BCUT2D eigenvalue weighted by Gasteiger charge is 2.10. The second-order valence-electron chi connectivity index (χ2n) is 4.18. The lowest BCUT2D eigenvalue weighted by molar-refractivity contribution is 0.375. The third-order valence-corrected chi connectivity index (χ3v) is 3.84. The summed E-state index contributed by atoms with van der Waals surface area (Å²) in [6.45, 7) is 16.9. The Labute approximate surface area is 242 Å². The number of hydrazone groups is 1. The van der Waals surface area contributed by atoms with Gasteiger partial charge in [-0.1, -0.05) is 66.1 Å². The molecule has 35 heavy (non-hydrogen) atoms. The molecule has 8 nitrogen and oxygen atoms in total. The number of nitrogens with two attached hydrogens (primary N) is 1. The van der Waals surface area contributed by atoms with E-state index in [1.54, 1.807) is 12.1 Å². The van der Waals surface area contributed by atoms with Crippen LogP contribution in [-0.4, -0.2) is 51.4 Å². The summed E-state index contributed by atoms with van der Waals surface area (Å²) in [6, 6.07) is 6.47. The van der Waals surface area contributed by atoms with Gasteiger partial charge in [0, 0.05) is 24.9 Å². The van der Waals surface area contributed by atoms with Crippen molar-refractivity contribution in [1.29, 1.82) is 0 Å². The van der Waals surface area contributed by atoms with Crippen LogP contribution in [0, 0.1) is 11.8 Å². The molecule has 0 saturated heterocycles. The fraction of sp³-hybridized carbons (Fsp3) is 0.500. The van der Waals surface area contributed by atoms with Gasteiger partial charge >= 0.3 is 0 Å². The zero-order valence-electron chi connectivity index (χ0n) is 18.1. The number of halogens is 3. The zero-order valence-corrected chi connectivity index (χ0v) is 23.6. The molecule has 0 aliphatic rings. The molecular formula is C22H49Br2ClN4O4S2. The number of thioether (sulfide) groups is 1. The number of nitroso groups, excluding NO2 is 1. The zero-order chi connectivity index (χ0) is 25.7. The maximum Gasteiger partial charge on any atom is 0.276 e. The molecular weight excluding hydrogens is 644 g/mol. The molecule has 0 atom stereocenters. The van der Waals surface area contributed by atoms with E-state index in [9.17, 15) is 8.42 Å². The van der Waals surface area contributed by atoms with Crippen LogP contribution in [0.2, 0.25) is 0 Å². The van der Waals surface area contributed by atoms with Crippen LogP contribution in [0.3, 0.4) is 0 Å². The number of aryl methyl sites for hydroxylation is 1. The summed E-state index contributed by atoms with van der Waals surface area (Å²) >= 11 is 12.4. The Hall–Kier alpha value is -0.760. The van der Waals surface area contributed by atoms with Gasteiger partial charge in [-0.15, -0.1) is 36.5 Å². The van der Waals surface area contributed by atoms with Crippen LogP contribution in [0.5, 0.6) is 0 Å². The van der Waals surface area contributed by atoms with E-state index in [4.69, 9.17) is 27.3 Å². The Kier molecular flexibility index (Phi) is 85.1. The van der Waals surface area contributed by atoms with Gasteiger partial charge in [-0.3, -0.25) is 0 Å². The Bertz CT molecular complexity index is 633. The van der Waals surface area contributed by atoms with E-state index in [0.29, 0.717) is 6.54 Å². The first-order chi connectivity index (χ1) is 14.5. The molecule has 0 bridgehead atoms. The first-order valence-electron chi connectivity index (χ1n) is 8.24. The van der Waals surface area contributed by atoms with Crippen LogP contribution in [0.4, 0.5) is 0 Å². The van der Waals surface area contributed by atoms with Gasteiger partial charge in [0.15, 0.2) is 0 Å². The first kappa shape index (κ1) is 59.4. The summed E-state index contributed by atoms with van der Waals surface area (Å²) in [7, 11) is -2.31. The molecule has 0 unspecified atom stereocenters. The first-order valence-corrected chi connectivity index (χ1v) is 13.0. The second kappa shape index (κ2) is 50.2. The standard InChI is InChI=1S/C8H10N2O2S.C3H9NOS.C2H2Br2.C2H5Cl.C2H4.CH3NO.4CH4/c1-7-3-5-8(6-4-7)13(11,12)10-9-2;4-1-2-6-3-5;1-2(3)4;1-2-3;1-2;1-2-3;;;;/h3-6,10H,2H2,1H3;5H,1-4H2;1H2;2H2,1H3;1-2H2;1H3;4*1H4. The third-order valence-electron chi connectivity index (χ3n) is 1.87. The molecule has 0 aliphatic heterocycles. The maximum absolute atomic E-state index is 11.3.